The molecule has 7 nitrogen and oxygen atoms in total. The Morgan fingerprint density at radius 2 is 2.12 bits per heavy atom. The van der Waals surface area contributed by atoms with Crippen molar-refractivity contribution >= 4 is 5.96 Å². The molecule has 7 heteroatoms. The molecule has 0 radical (unpaired) electrons. The van der Waals surface area contributed by atoms with Gasteiger partial charge in [-0.2, -0.15) is 0 Å². The minimum absolute atomic E-state index is 0.355. The molecule has 0 atom stereocenters. The van der Waals surface area contributed by atoms with Crippen LogP contribution in [0.4, 0.5) is 0 Å². The van der Waals surface area contributed by atoms with Crippen LogP contribution in [0.15, 0.2) is 33.9 Å². The number of aromatic nitrogens is 2. The Morgan fingerprint density at radius 3 is 2.73 bits per heavy atom. The van der Waals surface area contributed by atoms with Gasteiger partial charge in [0.2, 0.25) is 5.88 Å². The van der Waals surface area contributed by atoms with E-state index in [0.717, 1.165) is 29.5 Å². The summed E-state index contributed by atoms with van der Waals surface area (Å²) in [6.45, 7) is 6.12. The van der Waals surface area contributed by atoms with E-state index in [0.29, 0.717) is 30.8 Å². The van der Waals surface area contributed by atoms with Gasteiger partial charge in [-0.15, -0.1) is 0 Å². The van der Waals surface area contributed by atoms with Gasteiger partial charge in [0, 0.05) is 31.9 Å². The number of hydrogen-bond donors (Lipinski definition) is 2. The van der Waals surface area contributed by atoms with Gasteiger partial charge in [0.05, 0.1) is 18.8 Å². The van der Waals surface area contributed by atoms with Crippen LogP contribution in [-0.4, -0.2) is 29.8 Å². The smallest absolute Gasteiger partial charge is 0.213 e. The molecule has 0 aliphatic heterocycles. The number of aliphatic imine (C=N–C) groups is 1. The number of pyridine rings is 1. The predicted octanol–water partition coefficient (Wildman–Crippen LogP) is 2.85. The van der Waals surface area contributed by atoms with Crippen LogP contribution in [0.3, 0.4) is 0 Å². The molecule has 1 fully saturated rings. The zero-order chi connectivity index (χ0) is 18.4. The monoisotopic (exact) mass is 357 g/mol. The second-order valence-corrected chi connectivity index (χ2v) is 6.91. The first-order valence-corrected chi connectivity index (χ1v) is 9.11. The molecule has 0 saturated heterocycles. The molecule has 3 rings (SSSR count). The normalized spacial score (nSPS) is 14.5. The van der Waals surface area contributed by atoms with Crippen molar-refractivity contribution in [2.24, 2.45) is 10.9 Å². The van der Waals surface area contributed by atoms with Gasteiger partial charge in [-0.05, 0) is 30.2 Å². The van der Waals surface area contributed by atoms with Crippen LogP contribution in [0.5, 0.6) is 5.88 Å². The number of ether oxygens (including phenoxy) is 1. The highest BCUT2D eigenvalue weighted by atomic mass is 16.5. The van der Waals surface area contributed by atoms with Crippen molar-refractivity contribution in [3.63, 3.8) is 0 Å². The molecule has 0 aromatic carbocycles. The van der Waals surface area contributed by atoms with Crippen molar-refractivity contribution in [1.82, 2.24) is 20.8 Å². The lowest BCUT2D eigenvalue weighted by Crippen LogP contribution is -2.36. The van der Waals surface area contributed by atoms with Crippen LogP contribution in [-0.2, 0) is 13.1 Å². The molecule has 1 saturated carbocycles. The van der Waals surface area contributed by atoms with Gasteiger partial charge in [-0.25, -0.2) is 4.98 Å². The number of rotatable bonds is 8. The summed E-state index contributed by atoms with van der Waals surface area (Å²) in [5.74, 6) is 3.26. The molecule has 26 heavy (non-hydrogen) atoms. The van der Waals surface area contributed by atoms with Crippen molar-refractivity contribution in [2.45, 2.75) is 45.7 Å². The van der Waals surface area contributed by atoms with Crippen molar-refractivity contribution in [2.75, 3.05) is 13.7 Å². The summed E-state index contributed by atoms with van der Waals surface area (Å²) in [5.41, 5.74) is 2.02. The zero-order valence-corrected chi connectivity index (χ0v) is 15.7. The molecule has 0 bridgehead atoms. The Balaban J connectivity index is 1.42. The Hall–Kier alpha value is -2.57. The lowest BCUT2D eigenvalue weighted by Gasteiger charge is -2.11. The molecule has 2 heterocycles. The summed E-state index contributed by atoms with van der Waals surface area (Å²) in [4.78, 5) is 8.57. The number of nitrogens with one attached hydrogen (secondary N) is 2. The first-order valence-electron chi connectivity index (χ1n) is 9.11. The van der Waals surface area contributed by atoms with Crippen LogP contribution in [0.1, 0.15) is 49.6 Å². The molecule has 140 valence electrons. The van der Waals surface area contributed by atoms with Crippen LogP contribution in [0, 0.1) is 5.92 Å². The molecule has 0 unspecified atom stereocenters. The van der Waals surface area contributed by atoms with E-state index in [2.05, 4.69) is 39.6 Å². The zero-order valence-electron chi connectivity index (χ0n) is 15.7. The van der Waals surface area contributed by atoms with E-state index in [1.54, 1.807) is 7.05 Å². The third-order valence-corrected chi connectivity index (χ3v) is 4.24. The van der Waals surface area contributed by atoms with Crippen LogP contribution in [0.2, 0.25) is 0 Å². The Bertz CT molecular complexity index is 720. The Kier molecular flexibility index (Phi) is 6.09. The van der Waals surface area contributed by atoms with E-state index < -0.39 is 0 Å². The van der Waals surface area contributed by atoms with Gasteiger partial charge in [0.1, 0.15) is 0 Å². The molecule has 2 aromatic rings. The van der Waals surface area contributed by atoms with Crippen molar-refractivity contribution in [1.29, 1.82) is 0 Å². The van der Waals surface area contributed by atoms with E-state index >= 15 is 0 Å². The van der Waals surface area contributed by atoms with E-state index in [9.17, 15) is 0 Å². The first kappa shape index (κ1) is 18.2. The summed E-state index contributed by atoms with van der Waals surface area (Å²) in [7, 11) is 1.74. The standard InChI is InChI=1S/C19H27N5O2/c1-13(2)17-8-16(26-24-17)11-23-19(20-3)22-10-15-6-7-18(21-9-15)25-12-14-4-5-14/h6-9,13-14H,4-5,10-12H2,1-3H3,(H2,20,22,23). The highest BCUT2D eigenvalue weighted by Gasteiger charge is 2.22. The number of guanidine groups is 1. The van der Waals surface area contributed by atoms with Gasteiger partial charge >= 0.3 is 0 Å². The Morgan fingerprint density at radius 1 is 1.31 bits per heavy atom. The van der Waals surface area contributed by atoms with Gasteiger partial charge in [-0.1, -0.05) is 25.1 Å². The SMILES string of the molecule is CN=C(NCc1ccc(OCC2CC2)nc1)NCc1cc(C(C)C)no1. The topological polar surface area (TPSA) is 84.6 Å². The van der Waals surface area contributed by atoms with E-state index in [1.165, 1.54) is 12.8 Å². The minimum atomic E-state index is 0.355. The van der Waals surface area contributed by atoms with E-state index in [1.807, 2.05) is 24.4 Å². The van der Waals surface area contributed by atoms with Crippen molar-refractivity contribution in [3.05, 3.63) is 41.4 Å². The first-order chi connectivity index (χ1) is 12.6. The summed E-state index contributed by atoms with van der Waals surface area (Å²) < 4.78 is 11.0. The van der Waals surface area contributed by atoms with Gasteiger partial charge in [-0.3, -0.25) is 4.99 Å². The quantitative estimate of drug-likeness (QED) is 0.558. The van der Waals surface area contributed by atoms with Crippen LogP contribution in [0.25, 0.3) is 0 Å². The second-order valence-electron chi connectivity index (χ2n) is 6.91. The molecular formula is C19H27N5O2. The van der Waals surface area contributed by atoms with Gasteiger partial charge < -0.3 is 19.9 Å². The lowest BCUT2D eigenvalue weighted by molar-refractivity contribution is 0.288. The predicted molar refractivity (Wildman–Crippen MR) is 100 cm³/mol. The molecule has 0 amide bonds. The molecule has 1 aliphatic carbocycles. The molecule has 0 spiro atoms. The Labute approximate surface area is 154 Å². The van der Waals surface area contributed by atoms with Crippen LogP contribution >= 0.6 is 0 Å². The fraction of sp³-hybridized carbons (Fsp3) is 0.526. The summed E-state index contributed by atoms with van der Waals surface area (Å²) in [5, 5.41) is 10.5. The second kappa shape index (κ2) is 8.69. The van der Waals surface area contributed by atoms with Crippen LogP contribution < -0.4 is 15.4 Å². The van der Waals surface area contributed by atoms with Crippen molar-refractivity contribution < 1.29 is 9.26 Å². The highest BCUT2D eigenvalue weighted by Crippen LogP contribution is 2.29. The molecule has 1 aliphatic rings. The maximum absolute atomic E-state index is 5.65. The maximum Gasteiger partial charge on any atom is 0.213 e. The molecule has 2 aromatic heterocycles. The maximum atomic E-state index is 5.65. The largest absolute Gasteiger partial charge is 0.477 e. The summed E-state index contributed by atoms with van der Waals surface area (Å²) in [6.07, 6.45) is 4.38. The molecular weight excluding hydrogens is 330 g/mol. The van der Waals surface area contributed by atoms with Crippen molar-refractivity contribution in [3.8, 4) is 5.88 Å². The summed E-state index contributed by atoms with van der Waals surface area (Å²) in [6, 6.07) is 5.90. The van der Waals surface area contributed by atoms with E-state index in [4.69, 9.17) is 9.26 Å². The third-order valence-electron chi connectivity index (χ3n) is 4.24. The molecule has 2 N–H and O–H groups in total. The number of nitrogens with zero attached hydrogens (tertiary/aromatic N) is 3. The van der Waals surface area contributed by atoms with E-state index in [-0.39, 0.29) is 0 Å². The van der Waals surface area contributed by atoms with Gasteiger partial charge in [0.25, 0.3) is 0 Å². The average molecular weight is 357 g/mol. The lowest BCUT2D eigenvalue weighted by atomic mass is 10.1. The fourth-order valence-electron chi connectivity index (χ4n) is 2.35. The highest BCUT2D eigenvalue weighted by molar-refractivity contribution is 5.79. The fourth-order valence-corrected chi connectivity index (χ4v) is 2.35. The number of hydrogen-bond acceptors (Lipinski definition) is 5. The van der Waals surface area contributed by atoms with Gasteiger partial charge in [0.15, 0.2) is 11.7 Å². The minimum Gasteiger partial charge on any atom is -0.477 e. The summed E-state index contributed by atoms with van der Waals surface area (Å²) >= 11 is 0. The average Bonchev–Trinajstić information content (AvgIpc) is 3.36. The third kappa shape index (κ3) is 5.47.